The summed E-state index contributed by atoms with van der Waals surface area (Å²) in [5.41, 5.74) is 5.11. The highest BCUT2D eigenvalue weighted by atomic mass is 32.2. The van der Waals surface area contributed by atoms with Crippen molar-refractivity contribution < 1.29 is 13.2 Å². The second-order valence-corrected chi connectivity index (χ2v) is 14.7. The molecule has 1 unspecified atom stereocenters. The maximum absolute atomic E-state index is 13.5. The molecule has 212 valence electrons. The summed E-state index contributed by atoms with van der Waals surface area (Å²) >= 11 is 0. The molecule has 8 heteroatoms. The van der Waals surface area contributed by atoms with Gasteiger partial charge >= 0.3 is 0 Å². The lowest BCUT2D eigenvalue weighted by molar-refractivity contribution is 0.00679. The van der Waals surface area contributed by atoms with E-state index in [4.69, 9.17) is 4.74 Å². The van der Waals surface area contributed by atoms with Crippen molar-refractivity contribution in [2.75, 3.05) is 17.8 Å². The number of anilines is 1. The molecule has 1 N–H and O–H groups in total. The van der Waals surface area contributed by atoms with Crippen LogP contribution >= 0.6 is 0 Å². The third-order valence-electron chi connectivity index (χ3n) is 9.20. The zero-order valence-corrected chi connectivity index (χ0v) is 25.0. The number of hydrogen-bond donors (Lipinski definition) is 1. The van der Waals surface area contributed by atoms with E-state index in [2.05, 4.69) is 46.4 Å². The molecule has 1 saturated carbocycles. The summed E-state index contributed by atoms with van der Waals surface area (Å²) in [6.45, 7) is 12.9. The molecule has 2 fully saturated rings. The molecule has 2 aromatic carbocycles. The zero-order valence-electron chi connectivity index (χ0n) is 24.1. The number of fused-ring (bicyclic) bond motifs is 7. The summed E-state index contributed by atoms with van der Waals surface area (Å²) in [6.07, 6.45) is 4.13. The van der Waals surface area contributed by atoms with Crippen molar-refractivity contribution in [3.05, 3.63) is 65.2 Å². The number of sulfonamides is 1. The lowest BCUT2D eigenvalue weighted by Crippen LogP contribution is -2.50. The Bertz CT molecular complexity index is 1510. The highest BCUT2D eigenvalue weighted by Gasteiger charge is 2.42. The van der Waals surface area contributed by atoms with Crippen molar-refractivity contribution in [1.29, 1.82) is 0 Å². The molecule has 40 heavy (non-hydrogen) atoms. The van der Waals surface area contributed by atoms with Gasteiger partial charge in [-0.1, -0.05) is 51.1 Å². The van der Waals surface area contributed by atoms with Crippen molar-refractivity contribution in [1.82, 2.24) is 14.9 Å². The second kappa shape index (κ2) is 10.1. The van der Waals surface area contributed by atoms with E-state index < -0.39 is 10.0 Å². The standard InChI is InChI=1S/C32H40N4O3S/c1-20-8-6-9-21(2)30(20)28-18-29-34-31(33-28)35-40(37,38)27-11-7-10-22(15-27)23-12-13-36(19-26(14-23)39-29)25-16-24(17-25)32(3,4)5/h6-11,15,18,23-26H,12-14,16-17,19H2,1-5H3,(H,33,34,35)/t23?,24?,25?,26-/m0/s1. The number of nitrogens with one attached hydrogen (secondary N) is 1. The third-order valence-corrected chi connectivity index (χ3v) is 10.5. The van der Waals surface area contributed by atoms with Crippen LogP contribution in [-0.2, 0) is 10.0 Å². The minimum Gasteiger partial charge on any atom is -0.473 e. The number of benzene rings is 2. The maximum Gasteiger partial charge on any atom is 0.264 e. The van der Waals surface area contributed by atoms with Crippen LogP contribution in [0.3, 0.4) is 0 Å². The highest BCUT2D eigenvalue weighted by Crippen LogP contribution is 2.45. The minimum atomic E-state index is -3.88. The predicted molar refractivity (Wildman–Crippen MR) is 158 cm³/mol. The van der Waals surface area contributed by atoms with Crippen molar-refractivity contribution in [3.8, 4) is 17.1 Å². The molecule has 6 rings (SSSR count). The van der Waals surface area contributed by atoms with Crippen LogP contribution in [0.2, 0.25) is 0 Å². The molecule has 0 radical (unpaired) electrons. The number of aromatic nitrogens is 2. The first kappa shape index (κ1) is 27.2. The van der Waals surface area contributed by atoms with E-state index in [9.17, 15) is 8.42 Å². The summed E-state index contributed by atoms with van der Waals surface area (Å²) in [4.78, 5) is 12.1. The summed E-state index contributed by atoms with van der Waals surface area (Å²) in [7, 11) is -3.88. The summed E-state index contributed by atoms with van der Waals surface area (Å²) in [6, 6.07) is 15.9. The van der Waals surface area contributed by atoms with Crippen molar-refractivity contribution in [2.45, 2.75) is 83.3 Å². The number of hydrogen-bond acceptors (Lipinski definition) is 6. The first-order valence-electron chi connectivity index (χ1n) is 14.5. The predicted octanol–water partition coefficient (Wildman–Crippen LogP) is 6.33. The highest BCUT2D eigenvalue weighted by molar-refractivity contribution is 7.92. The van der Waals surface area contributed by atoms with Crippen LogP contribution in [0.25, 0.3) is 11.3 Å². The molecular weight excluding hydrogens is 520 g/mol. The van der Waals surface area contributed by atoms with Gasteiger partial charge in [-0.25, -0.2) is 18.1 Å². The van der Waals surface area contributed by atoms with Crippen LogP contribution in [0.5, 0.6) is 5.88 Å². The SMILES string of the molecule is Cc1cccc(C)c1-c1cc2nc(n1)NS(=O)(=O)c1cccc(c1)C1CCN(C3CC(C(C)(C)C)C3)C[C@H](C1)O2. The Morgan fingerprint density at radius 1 is 0.975 bits per heavy atom. The van der Waals surface area contributed by atoms with E-state index in [1.54, 1.807) is 6.07 Å². The Morgan fingerprint density at radius 3 is 2.42 bits per heavy atom. The second-order valence-electron chi connectivity index (χ2n) is 13.0. The third kappa shape index (κ3) is 5.36. The quantitative estimate of drug-likeness (QED) is 0.395. The topological polar surface area (TPSA) is 84.4 Å². The molecule has 0 spiro atoms. The van der Waals surface area contributed by atoms with Crippen LogP contribution in [0, 0.1) is 25.2 Å². The van der Waals surface area contributed by atoms with Crippen molar-refractivity contribution in [2.24, 2.45) is 11.3 Å². The monoisotopic (exact) mass is 560 g/mol. The molecule has 3 aromatic rings. The lowest BCUT2D eigenvalue weighted by Gasteiger charge is -2.48. The fourth-order valence-electron chi connectivity index (χ4n) is 6.66. The number of nitrogens with zero attached hydrogens (tertiary/aromatic N) is 3. The van der Waals surface area contributed by atoms with Gasteiger partial charge in [0.05, 0.1) is 10.6 Å². The fourth-order valence-corrected chi connectivity index (χ4v) is 7.66. The molecule has 7 nitrogen and oxygen atoms in total. The van der Waals surface area contributed by atoms with E-state index in [1.807, 2.05) is 50.2 Å². The van der Waals surface area contributed by atoms with Gasteiger partial charge in [0.15, 0.2) is 0 Å². The normalized spacial score (nSPS) is 26.2. The smallest absolute Gasteiger partial charge is 0.264 e. The molecular formula is C32H40N4O3S. The van der Waals surface area contributed by atoms with Gasteiger partial charge < -0.3 is 4.74 Å². The van der Waals surface area contributed by atoms with Gasteiger partial charge in [0.25, 0.3) is 10.0 Å². The number of aryl methyl sites for hydroxylation is 2. The minimum absolute atomic E-state index is 0.0233. The Hall–Kier alpha value is -2.97. The van der Waals surface area contributed by atoms with E-state index in [0.717, 1.165) is 54.1 Å². The lowest BCUT2D eigenvalue weighted by atomic mass is 9.65. The molecule has 2 aliphatic heterocycles. The average Bonchev–Trinajstić information content (AvgIpc) is 3.04. The van der Waals surface area contributed by atoms with Crippen molar-refractivity contribution >= 4 is 16.0 Å². The van der Waals surface area contributed by atoms with Crippen LogP contribution in [0.1, 0.15) is 69.1 Å². The molecule has 1 aliphatic carbocycles. The molecule has 2 atom stereocenters. The number of ether oxygens (including phenoxy) is 1. The summed E-state index contributed by atoms with van der Waals surface area (Å²) < 4.78 is 36.3. The van der Waals surface area contributed by atoms with E-state index in [0.29, 0.717) is 23.0 Å². The van der Waals surface area contributed by atoms with Gasteiger partial charge in [0.2, 0.25) is 11.8 Å². The summed E-state index contributed by atoms with van der Waals surface area (Å²) in [5, 5.41) is 0. The van der Waals surface area contributed by atoms with Crippen LogP contribution in [0.15, 0.2) is 53.4 Å². The van der Waals surface area contributed by atoms with Gasteiger partial charge in [-0.05, 0) is 92.1 Å². The van der Waals surface area contributed by atoms with Crippen LogP contribution in [0.4, 0.5) is 5.95 Å². The molecule has 6 bridgehead atoms. The molecule has 0 amide bonds. The first-order valence-corrected chi connectivity index (χ1v) is 15.9. The molecule has 1 aromatic heterocycles. The number of likely N-dealkylation sites (tertiary alicyclic amines) is 1. The Kier molecular flexibility index (Phi) is 6.90. The maximum atomic E-state index is 13.5. The van der Waals surface area contributed by atoms with Crippen LogP contribution in [-0.4, -0.2) is 48.5 Å². The zero-order chi connectivity index (χ0) is 28.2. The van der Waals surface area contributed by atoms with Gasteiger partial charge in [0.1, 0.15) is 6.10 Å². The first-order chi connectivity index (χ1) is 19.0. The summed E-state index contributed by atoms with van der Waals surface area (Å²) in [5.74, 6) is 1.36. The van der Waals surface area contributed by atoms with Gasteiger partial charge in [-0.2, -0.15) is 4.98 Å². The average molecular weight is 561 g/mol. The Balaban J connectivity index is 1.41. The van der Waals surface area contributed by atoms with E-state index in [-0.39, 0.29) is 22.9 Å². The largest absolute Gasteiger partial charge is 0.473 e. The van der Waals surface area contributed by atoms with E-state index >= 15 is 0 Å². The number of rotatable bonds is 2. The van der Waals surface area contributed by atoms with Gasteiger partial charge in [-0.15, -0.1) is 0 Å². The van der Waals surface area contributed by atoms with Crippen LogP contribution < -0.4 is 9.46 Å². The molecule has 1 saturated heterocycles. The molecule has 3 heterocycles. The Labute approximate surface area is 238 Å². The molecule has 3 aliphatic rings. The van der Waals surface area contributed by atoms with Crippen molar-refractivity contribution in [3.63, 3.8) is 0 Å². The fraction of sp³-hybridized carbons (Fsp3) is 0.500. The van der Waals surface area contributed by atoms with Gasteiger partial charge in [0, 0.05) is 24.2 Å². The van der Waals surface area contributed by atoms with Gasteiger partial charge in [-0.3, -0.25) is 4.90 Å². The Morgan fingerprint density at radius 2 is 1.70 bits per heavy atom. The van der Waals surface area contributed by atoms with E-state index in [1.165, 1.54) is 12.8 Å².